The van der Waals surface area contributed by atoms with Crippen LogP contribution in [-0.4, -0.2) is 9.55 Å². The Morgan fingerprint density at radius 1 is 1.45 bits per heavy atom. The molecule has 1 aliphatic carbocycles. The summed E-state index contributed by atoms with van der Waals surface area (Å²) in [4.78, 5) is 4.58. The van der Waals surface area contributed by atoms with Crippen molar-refractivity contribution in [3.8, 4) is 6.07 Å². The SMILES string of the molecule is CCCC1(Cn2c(CCl)nc3c(C#N)cccc32)CC1. The second-order valence-electron chi connectivity index (χ2n) is 5.78. The van der Waals surface area contributed by atoms with Gasteiger partial charge in [0.1, 0.15) is 17.4 Å². The number of alkyl halides is 1. The Bertz CT molecular complexity index is 677. The molecule has 0 unspecified atom stereocenters. The predicted molar refractivity (Wildman–Crippen MR) is 80.6 cm³/mol. The summed E-state index contributed by atoms with van der Waals surface area (Å²) in [6, 6.07) is 8.01. The summed E-state index contributed by atoms with van der Waals surface area (Å²) in [6.45, 7) is 3.22. The molecule has 0 atom stereocenters. The average Bonchev–Trinajstić information content (AvgIpc) is 3.13. The van der Waals surface area contributed by atoms with Crippen molar-refractivity contribution >= 4 is 22.6 Å². The summed E-state index contributed by atoms with van der Waals surface area (Å²) in [6.07, 6.45) is 5.05. The number of imidazole rings is 1. The summed E-state index contributed by atoms with van der Waals surface area (Å²) in [5.74, 6) is 1.27. The topological polar surface area (TPSA) is 41.6 Å². The maximum atomic E-state index is 9.21. The van der Waals surface area contributed by atoms with Crippen LogP contribution in [0.25, 0.3) is 11.0 Å². The van der Waals surface area contributed by atoms with Crippen molar-refractivity contribution < 1.29 is 0 Å². The van der Waals surface area contributed by atoms with Gasteiger partial charge in [-0.15, -0.1) is 11.6 Å². The second-order valence-corrected chi connectivity index (χ2v) is 6.05. The third-order valence-corrected chi connectivity index (χ3v) is 4.57. The summed E-state index contributed by atoms with van der Waals surface area (Å²) in [5.41, 5.74) is 2.90. The Labute approximate surface area is 124 Å². The van der Waals surface area contributed by atoms with Crippen LogP contribution in [-0.2, 0) is 12.4 Å². The maximum absolute atomic E-state index is 9.21. The van der Waals surface area contributed by atoms with E-state index in [2.05, 4.69) is 22.5 Å². The average molecular weight is 288 g/mol. The largest absolute Gasteiger partial charge is 0.326 e. The third kappa shape index (κ3) is 2.19. The van der Waals surface area contributed by atoms with Gasteiger partial charge in [-0.2, -0.15) is 5.26 Å². The van der Waals surface area contributed by atoms with Crippen molar-refractivity contribution in [1.82, 2.24) is 9.55 Å². The lowest BCUT2D eigenvalue weighted by molar-refractivity contribution is 0.389. The molecule has 3 rings (SSSR count). The minimum absolute atomic E-state index is 0.391. The van der Waals surface area contributed by atoms with Crippen LogP contribution < -0.4 is 0 Å². The summed E-state index contributed by atoms with van der Waals surface area (Å²) < 4.78 is 2.23. The predicted octanol–water partition coefficient (Wildman–Crippen LogP) is 4.23. The molecule has 1 aliphatic rings. The van der Waals surface area contributed by atoms with Gasteiger partial charge in [0.25, 0.3) is 0 Å². The molecule has 0 aliphatic heterocycles. The van der Waals surface area contributed by atoms with Crippen molar-refractivity contribution in [3.05, 3.63) is 29.6 Å². The molecule has 1 saturated carbocycles. The van der Waals surface area contributed by atoms with E-state index in [-0.39, 0.29) is 0 Å². The van der Waals surface area contributed by atoms with Crippen LogP contribution in [0, 0.1) is 16.7 Å². The third-order valence-electron chi connectivity index (χ3n) is 4.33. The summed E-state index contributed by atoms with van der Waals surface area (Å²) in [7, 11) is 0. The molecular weight excluding hydrogens is 270 g/mol. The van der Waals surface area contributed by atoms with E-state index >= 15 is 0 Å². The van der Waals surface area contributed by atoms with E-state index in [4.69, 9.17) is 11.6 Å². The first-order valence-corrected chi connectivity index (χ1v) is 7.70. The quantitative estimate of drug-likeness (QED) is 0.772. The number of benzene rings is 1. The Balaban J connectivity index is 2.08. The molecular formula is C16H18ClN3. The van der Waals surface area contributed by atoms with Gasteiger partial charge in [0, 0.05) is 6.54 Å². The molecule has 1 aromatic heterocycles. The Kier molecular flexibility index (Phi) is 3.43. The lowest BCUT2D eigenvalue weighted by atomic mass is 10.0. The van der Waals surface area contributed by atoms with E-state index in [0.29, 0.717) is 16.9 Å². The van der Waals surface area contributed by atoms with Gasteiger partial charge in [0.15, 0.2) is 0 Å². The van der Waals surface area contributed by atoms with Gasteiger partial charge in [0.2, 0.25) is 0 Å². The van der Waals surface area contributed by atoms with E-state index in [1.807, 2.05) is 18.2 Å². The number of aromatic nitrogens is 2. The highest BCUT2D eigenvalue weighted by molar-refractivity contribution is 6.16. The lowest BCUT2D eigenvalue weighted by Gasteiger charge is -2.17. The van der Waals surface area contributed by atoms with Crippen LogP contribution in [0.4, 0.5) is 0 Å². The molecule has 0 radical (unpaired) electrons. The van der Waals surface area contributed by atoms with E-state index in [1.54, 1.807) is 0 Å². The number of fused-ring (bicyclic) bond motifs is 1. The summed E-state index contributed by atoms with van der Waals surface area (Å²) >= 11 is 6.06. The molecule has 0 N–H and O–H groups in total. The molecule has 104 valence electrons. The number of nitriles is 1. The Hall–Kier alpha value is -1.53. The molecule has 4 heteroatoms. The fourth-order valence-corrected chi connectivity index (χ4v) is 3.30. The van der Waals surface area contributed by atoms with Crippen molar-refractivity contribution in [2.75, 3.05) is 0 Å². The number of para-hydroxylation sites is 1. The highest BCUT2D eigenvalue weighted by Crippen LogP contribution is 2.51. The monoisotopic (exact) mass is 287 g/mol. The lowest BCUT2D eigenvalue weighted by Crippen LogP contribution is -2.13. The molecule has 0 spiro atoms. The molecule has 2 aromatic rings. The molecule has 3 nitrogen and oxygen atoms in total. The Morgan fingerprint density at radius 2 is 2.25 bits per heavy atom. The first-order chi connectivity index (χ1) is 9.73. The minimum Gasteiger partial charge on any atom is -0.326 e. The van der Waals surface area contributed by atoms with Gasteiger partial charge in [-0.3, -0.25) is 0 Å². The molecule has 0 bridgehead atoms. The van der Waals surface area contributed by atoms with Crippen molar-refractivity contribution in [2.24, 2.45) is 5.41 Å². The van der Waals surface area contributed by atoms with Crippen LogP contribution in [0.3, 0.4) is 0 Å². The molecule has 1 fully saturated rings. The van der Waals surface area contributed by atoms with Crippen LogP contribution >= 0.6 is 11.6 Å². The van der Waals surface area contributed by atoms with Crippen molar-refractivity contribution in [3.63, 3.8) is 0 Å². The fourth-order valence-electron chi connectivity index (χ4n) is 3.09. The van der Waals surface area contributed by atoms with Gasteiger partial charge < -0.3 is 4.57 Å². The number of hydrogen-bond donors (Lipinski definition) is 0. The Morgan fingerprint density at radius 3 is 2.85 bits per heavy atom. The van der Waals surface area contributed by atoms with E-state index in [0.717, 1.165) is 23.4 Å². The first kappa shape index (κ1) is 13.5. The van der Waals surface area contributed by atoms with Gasteiger partial charge >= 0.3 is 0 Å². The molecule has 20 heavy (non-hydrogen) atoms. The number of hydrogen-bond acceptors (Lipinski definition) is 2. The highest BCUT2D eigenvalue weighted by atomic mass is 35.5. The second kappa shape index (κ2) is 5.10. The van der Waals surface area contributed by atoms with Crippen molar-refractivity contribution in [1.29, 1.82) is 5.26 Å². The van der Waals surface area contributed by atoms with Crippen LogP contribution in [0.5, 0.6) is 0 Å². The number of halogens is 1. The van der Waals surface area contributed by atoms with Gasteiger partial charge in [-0.1, -0.05) is 19.4 Å². The van der Waals surface area contributed by atoms with Crippen molar-refractivity contribution in [2.45, 2.75) is 45.0 Å². The number of nitrogens with zero attached hydrogens (tertiary/aromatic N) is 3. The molecule has 0 amide bonds. The normalized spacial score (nSPS) is 16.2. The zero-order chi connectivity index (χ0) is 14.2. The highest BCUT2D eigenvalue weighted by Gasteiger charge is 2.42. The zero-order valence-corrected chi connectivity index (χ0v) is 12.5. The zero-order valence-electron chi connectivity index (χ0n) is 11.7. The standard InChI is InChI=1S/C16H18ClN3/c1-2-6-16(7-8-16)11-20-13-5-3-4-12(10-18)15(13)19-14(20)9-17/h3-5H,2,6-9,11H2,1H3. The van der Waals surface area contributed by atoms with E-state index in [1.165, 1.54) is 25.7 Å². The molecule has 1 aromatic carbocycles. The molecule has 1 heterocycles. The van der Waals surface area contributed by atoms with E-state index in [9.17, 15) is 5.26 Å². The van der Waals surface area contributed by atoms with Crippen LogP contribution in [0.1, 0.15) is 44.0 Å². The summed E-state index contributed by atoms with van der Waals surface area (Å²) in [5, 5.41) is 9.21. The smallest absolute Gasteiger partial charge is 0.124 e. The van der Waals surface area contributed by atoms with Crippen LogP contribution in [0.15, 0.2) is 18.2 Å². The van der Waals surface area contributed by atoms with Crippen LogP contribution in [0.2, 0.25) is 0 Å². The van der Waals surface area contributed by atoms with Gasteiger partial charge in [-0.05, 0) is 36.8 Å². The number of rotatable bonds is 5. The fraction of sp³-hybridized carbons (Fsp3) is 0.500. The van der Waals surface area contributed by atoms with Gasteiger partial charge in [-0.25, -0.2) is 4.98 Å². The minimum atomic E-state index is 0.391. The maximum Gasteiger partial charge on any atom is 0.124 e. The molecule has 0 saturated heterocycles. The van der Waals surface area contributed by atoms with Gasteiger partial charge in [0.05, 0.1) is 17.0 Å². The van der Waals surface area contributed by atoms with E-state index < -0.39 is 0 Å². The first-order valence-electron chi connectivity index (χ1n) is 7.17.